The summed E-state index contributed by atoms with van der Waals surface area (Å²) in [4.78, 5) is 20.7. The number of nitrogens with one attached hydrogen (secondary N) is 2. The first-order chi connectivity index (χ1) is 10.2. The molecule has 0 fully saturated rings. The van der Waals surface area contributed by atoms with Gasteiger partial charge >= 0.3 is 0 Å². The minimum atomic E-state index is -0.126. The number of amides is 1. The first-order valence-corrected chi connectivity index (χ1v) is 7.09. The zero-order chi connectivity index (χ0) is 15.1. The molecule has 2 heterocycles. The molecule has 0 bridgehead atoms. The van der Waals surface area contributed by atoms with Gasteiger partial charge in [0.1, 0.15) is 0 Å². The summed E-state index contributed by atoms with van der Waals surface area (Å²) in [5.41, 5.74) is 3.15. The van der Waals surface area contributed by atoms with Crippen molar-refractivity contribution in [1.29, 1.82) is 0 Å². The topological polar surface area (TPSA) is 66.9 Å². The van der Waals surface area contributed by atoms with Gasteiger partial charge in [0.2, 0.25) is 0 Å². The fourth-order valence-corrected chi connectivity index (χ4v) is 1.96. The van der Waals surface area contributed by atoms with Crippen LogP contribution in [0.5, 0.6) is 0 Å². The third-order valence-electron chi connectivity index (χ3n) is 3.01. The van der Waals surface area contributed by atoms with Crippen LogP contribution in [0.15, 0.2) is 36.7 Å². The van der Waals surface area contributed by atoms with Crippen molar-refractivity contribution in [2.24, 2.45) is 0 Å². The first kappa shape index (κ1) is 15.0. The summed E-state index contributed by atoms with van der Waals surface area (Å²) in [6, 6.07) is 7.48. The largest absolute Gasteiger partial charge is 0.383 e. The van der Waals surface area contributed by atoms with Gasteiger partial charge in [0, 0.05) is 18.4 Å². The van der Waals surface area contributed by atoms with E-state index in [2.05, 4.69) is 27.5 Å². The molecular formula is C16H20N4O. The third-order valence-corrected chi connectivity index (χ3v) is 3.01. The van der Waals surface area contributed by atoms with Crippen LogP contribution < -0.4 is 10.6 Å². The van der Waals surface area contributed by atoms with E-state index in [1.165, 1.54) is 0 Å². The molecule has 0 atom stereocenters. The lowest BCUT2D eigenvalue weighted by Crippen LogP contribution is -2.24. The Hall–Kier alpha value is -2.43. The molecule has 0 unspecified atom stereocenters. The van der Waals surface area contributed by atoms with Crippen LogP contribution in [0.1, 0.15) is 35.1 Å². The van der Waals surface area contributed by atoms with Crippen LogP contribution in [0.4, 0.5) is 5.69 Å². The van der Waals surface area contributed by atoms with Crippen molar-refractivity contribution in [3.8, 4) is 0 Å². The van der Waals surface area contributed by atoms with Gasteiger partial charge in [0.05, 0.1) is 29.7 Å². The lowest BCUT2D eigenvalue weighted by molar-refractivity contribution is 0.0951. The van der Waals surface area contributed by atoms with E-state index >= 15 is 0 Å². The Bertz CT molecular complexity index is 613. The lowest BCUT2D eigenvalue weighted by Gasteiger charge is -2.11. The van der Waals surface area contributed by atoms with Crippen molar-refractivity contribution in [3.05, 3.63) is 53.6 Å². The molecule has 0 aliphatic rings. The third kappa shape index (κ3) is 4.27. The second-order valence-corrected chi connectivity index (χ2v) is 4.80. The standard InChI is InChI=1S/C16H20N4O/c1-3-8-18-15-11-17-9-7-14(15)16(21)19-10-13-6-4-5-12(2)20-13/h4-7,9,11,18H,3,8,10H2,1-2H3,(H,19,21). The molecule has 0 spiro atoms. The van der Waals surface area contributed by atoms with Crippen LogP contribution in [0.3, 0.4) is 0 Å². The van der Waals surface area contributed by atoms with E-state index in [-0.39, 0.29) is 5.91 Å². The second kappa shape index (κ2) is 7.38. The van der Waals surface area contributed by atoms with Crippen LogP contribution in [0, 0.1) is 6.92 Å². The van der Waals surface area contributed by atoms with Crippen LogP contribution in [-0.4, -0.2) is 22.4 Å². The summed E-state index contributed by atoms with van der Waals surface area (Å²) in [6.45, 7) is 5.23. The monoisotopic (exact) mass is 284 g/mol. The molecule has 0 saturated heterocycles. The van der Waals surface area contributed by atoms with Crippen molar-refractivity contribution < 1.29 is 4.79 Å². The SMILES string of the molecule is CCCNc1cnccc1C(=O)NCc1cccc(C)n1. The average molecular weight is 284 g/mol. The molecule has 5 heteroatoms. The molecule has 0 aliphatic carbocycles. The van der Waals surface area contributed by atoms with Crippen molar-refractivity contribution in [2.75, 3.05) is 11.9 Å². The molecule has 0 radical (unpaired) electrons. The molecule has 110 valence electrons. The van der Waals surface area contributed by atoms with E-state index in [1.807, 2.05) is 25.1 Å². The van der Waals surface area contributed by atoms with Gasteiger partial charge in [-0.15, -0.1) is 0 Å². The second-order valence-electron chi connectivity index (χ2n) is 4.80. The number of hydrogen-bond acceptors (Lipinski definition) is 4. The van der Waals surface area contributed by atoms with Gasteiger partial charge < -0.3 is 10.6 Å². The summed E-state index contributed by atoms with van der Waals surface area (Å²) in [7, 11) is 0. The van der Waals surface area contributed by atoms with Gasteiger partial charge in [-0.3, -0.25) is 14.8 Å². The Morgan fingerprint density at radius 1 is 1.29 bits per heavy atom. The summed E-state index contributed by atoms with van der Waals surface area (Å²) in [5.74, 6) is -0.126. The van der Waals surface area contributed by atoms with Gasteiger partial charge in [0.15, 0.2) is 0 Å². The van der Waals surface area contributed by atoms with E-state index in [1.54, 1.807) is 18.5 Å². The predicted molar refractivity (Wildman–Crippen MR) is 83.2 cm³/mol. The van der Waals surface area contributed by atoms with Gasteiger partial charge in [-0.25, -0.2) is 0 Å². The fourth-order valence-electron chi connectivity index (χ4n) is 1.96. The summed E-state index contributed by atoms with van der Waals surface area (Å²) in [6.07, 6.45) is 4.29. The van der Waals surface area contributed by atoms with E-state index in [0.29, 0.717) is 12.1 Å². The highest BCUT2D eigenvalue weighted by Gasteiger charge is 2.10. The zero-order valence-electron chi connectivity index (χ0n) is 12.4. The van der Waals surface area contributed by atoms with Gasteiger partial charge in [-0.1, -0.05) is 13.0 Å². The fraction of sp³-hybridized carbons (Fsp3) is 0.312. The molecule has 0 saturated carbocycles. The number of anilines is 1. The Morgan fingerprint density at radius 2 is 2.14 bits per heavy atom. The molecule has 2 N–H and O–H groups in total. The Morgan fingerprint density at radius 3 is 2.90 bits per heavy atom. The quantitative estimate of drug-likeness (QED) is 0.855. The maximum atomic E-state index is 12.3. The van der Waals surface area contributed by atoms with Crippen LogP contribution in [-0.2, 0) is 6.54 Å². The number of aromatic nitrogens is 2. The van der Waals surface area contributed by atoms with Crippen molar-refractivity contribution in [1.82, 2.24) is 15.3 Å². The van der Waals surface area contributed by atoms with E-state index in [0.717, 1.165) is 30.0 Å². The molecule has 1 amide bonds. The lowest BCUT2D eigenvalue weighted by atomic mass is 10.2. The smallest absolute Gasteiger partial charge is 0.253 e. The summed E-state index contributed by atoms with van der Waals surface area (Å²) < 4.78 is 0. The average Bonchev–Trinajstić information content (AvgIpc) is 2.51. The normalized spacial score (nSPS) is 10.2. The van der Waals surface area contributed by atoms with E-state index < -0.39 is 0 Å². The minimum Gasteiger partial charge on any atom is -0.383 e. The molecule has 0 aliphatic heterocycles. The number of aryl methyl sites for hydroxylation is 1. The highest BCUT2D eigenvalue weighted by Crippen LogP contribution is 2.13. The molecule has 2 aromatic heterocycles. The maximum Gasteiger partial charge on any atom is 0.253 e. The highest BCUT2D eigenvalue weighted by molar-refractivity contribution is 5.99. The highest BCUT2D eigenvalue weighted by atomic mass is 16.1. The number of pyridine rings is 2. The number of carbonyl (C=O) groups excluding carboxylic acids is 1. The molecule has 0 aromatic carbocycles. The Balaban J connectivity index is 2.03. The summed E-state index contributed by atoms with van der Waals surface area (Å²) >= 11 is 0. The zero-order valence-corrected chi connectivity index (χ0v) is 12.4. The van der Waals surface area contributed by atoms with Crippen molar-refractivity contribution >= 4 is 11.6 Å². The van der Waals surface area contributed by atoms with Gasteiger partial charge in [-0.05, 0) is 31.5 Å². The van der Waals surface area contributed by atoms with E-state index in [4.69, 9.17) is 0 Å². The van der Waals surface area contributed by atoms with Crippen molar-refractivity contribution in [2.45, 2.75) is 26.8 Å². The van der Waals surface area contributed by atoms with Gasteiger partial charge in [0.25, 0.3) is 5.91 Å². The number of carbonyl (C=O) groups is 1. The van der Waals surface area contributed by atoms with Crippen LogP contribution in [0.25, 0.3) is 0 Å². The van der Waals surface area contributed by atoms with E-state index in [9.17, 15) is 4.79 Å². The van der Waals surface area contributed by atoms with Crippen LogP contribution >= 0.6 is 0 Å². The number of hydrogen-bond donors (Lipinski definition) is 2. The maximum absolute atomic E-state index is 12.3. The number of nitrogens with zero attached hydrogens (tertiary/aromatic N) is 2. The molecule has 21 heavy (non-hydrogen) atoms. The summed E-state index contributed by atoms with van der Waals surface area (Å²) in [5, 5.41) is 6.10. The van der Waals surface area contributed by atoms with Crippen LogP contribution in [0.2, 0.25) is 0 Å². The molecule has 2 aromatic rings. The number of rotatable bonds is 6. The molecular weight excluding hydrogens is 264 g/mol. The first-order valence-electron chi connectivity index (χ1n) is 7.09. The minimum absolute atomic E-state index is 0.126. The molecule has 2 rings (SSSR count). The van der Waals surface area contributed by atoms with Gasteiger partial charge in [-0.2, -0.15) is 0 Å². The molecule has 5 nitrogen and oxygen atoms in total. The van der Waals surface area contributed by atoms with Crippen molar-refractivity contribution in [3.63, 3.8) is 0 Å². The predicted octanol–water partition coefficient (Wildman–Crippen LogP) is 2.54. The Kier molecular flexibility index (Phi) is 5.26. The Labute approximate surface area is 124 Å².